The van der Waals surface area contributed by atoms with Gasteiger partial charge in [-0.05, 0) is 44.7 Å². The maximum absolute atomic E-state index is 12.4. The molecule has 2 saturated heterocycles. The van der Waals surface area contributed by atoms with Gasteiger partial charge in [0.2, 0.25) is 10.0 Å². The van der Waals surface area contributed by atoms with Gasteiger partial charge in [-0.1, -0.05) is 0 Å². The number of nitrogens with zero attached hydrogens (tertiary/aromatic N) is 2. The van der Waals surface area contributed by atoms with Crippen molar-refractivity contribution >= 4 is 10.0 Å². The summed E-state index contributed by atoms with van der Waals surface area (Å²) in [6, 6.07) is 0.759. The van der Waals surface area contributed by atoms with Crippen molar-refractivity contribution in [2.75, 3.05) is 45.0 Å². The first-order valence-corrected chi connectivity index (χ1v) is 9.19. The van der Waals surface area contributed by atoms with E-state index in [0.717, 1.165) is 45.1 Å². The topological polar surface area (TPSA) is 52.7 Å². The van der Waals surface area contributed by atoms with Crippen LogP contribution in [0.3, 0.4) is 0 Å². The number of piperidine rings is 1. The zero-order valence-electron chi connectivity index (χ0n) is 11.6. The van der Waals surface area contributed by atoms with Crippen LogP contribution >= 0.6 is 0 Å². The number of piperazine rings is 1. The summed E-state index contributed by atoms with van der Waals surface area (Å²) in [6.07, 6.45) is 4.62. The average molecular weight is 287 g/mol. The first-order chi connectivity index (χ1) is 9.15. The van der Waals surface area contributed by atoms with Crippen LogP contribution in [-0.2, 0) is 10.0 Å². The van der Waals surface area contributed by atoms with Crippen LogP contribution in [0.5, 0.6) is 0 Å². The van der Waals surface area contributed by atoms with E-state index in [2.05, 4.69) is 10.2 Å². The standard InChI is InChI=1S/C13H25N3O2S/c17-19(18,11-12-3-5-14-6-4-12)16-9-7-15(8-10-16)13-1-2-13/h12-14H,1-11H2. The fraction of sp³-hybridized carbons (Fsp3) is 1.00. The molecule has 3 fully saturated rings. The molecule has 6 heteroatoms. The number of hydrogen-bond donors (Lipinski definition) is 1. The second-order valence-electron chi connectivity index (χ2n) is 6.14. The van der Waals surface area contributed by atoms with Crippen molar-refractivity contribution in [3.05, 3.63) is 0 Å². The Bertz CT molecular complexity index is 394. The summed E-state index contributed by atoms with van der Waals surface area (Å²) in [7, 11) is -3.03. The summed E-state index contributed by atoms with van der Waals surface area (Å²) in [5, 5.41) is 3.29. The van der Waals surface area contributed by atoms with Gasteiger partial charge in [-0.3, -0.25) is 4.90 Å². The van der Waals surface area contributed by atoms with Gasteiger partial charge < -0.3 is 5.32 Å². The molecule has 0 spiro atoms. The van der Waals surface area contributed by atoms with Gasteiger partial charge in [0.15, 0.2) is 0 Å². The van der Waals surface area contributed by atoms with E-state index in [-0.39, 0.29) is 0 Å². The van der Waals surface area contributed by atoms with E-state index in [0.29, 0.717) is 24.8 Å². The normalized spacial score (nSPS) is 28.6. The highest BCUT2D eigenvalue weighted by Gasteiger charge is 2.35. The Hall–Kier alpha value is -0.170. The van der Waals surface area contributed by atoms with E-state index in [9.17, 15) is 8.42 Å². The van der Waals surface area contributed by atoms with Crippen LogP contribution in [0.2, 0.25) is 0 Å². The highest BCUT2D eigenvalue weighted by molar-refractivity contribution is 7.89. The van der Waals surface area contributed by atoms with Crippen molar-refractivity contribution in [1.82, 2.24) is 14.5 Å². The maximum Gasteiger partial charge on any atom is 0.214 e. The van der Waals surface area contributed by atoms with Crippen molar-refractivity contribution in [3.8, 4) is 0 Å². The average Bonchev–Trinajstić information content (AvgIpc) is 3.24. The van der Waals surface area contributed by atoms with Crippen LogP contribution in [0.4, 0.5) is 0 Å². The lowest BCUT2D eigenvalue weighted by atomic mass is 10.0. The van der Waals surface area contributed by atoms with Gasteiger partial charge in [-0.15, -0.1) is 0 Å². The van der Waals surface area contributed by atoms with Crippen molar-refractivity contribution in [2.24, 2.45) is 5.92 Å². The summed E-state index contributed by atoms with van der Waals surface area (Å²) in [5.74, 6) is 0.714. The fourth-order valence-electron chi connectivity index (χ4n) is 3.24. The summed E-state index contributed by atoms with van der Waals surface area (Å²) in [4.78, 5) is 2.45. The lowest BCUT2D eigenvalue weighted by molar-refractivity contribution is 0.180. The summed E-state index contributed by atoms with van der Waals surface area (Å²) >= 11 is 0. The molecule has 1 saturated carbocycles. The molecule has 1 aliphatic carbocycles. The van der Waals surface area contributed by atoms with Gasteiger partial charge in [-0.25, -0.2) is 8.42 Å². The molecule has 0 amide bonds. The third-order valence-electron chi connectivity index (χ3n) is 4.63. The largest absolute Gasteiger partial charge is 0.317 e. The molecule has 3 rings (SSSR count). The smallest absolute Gasteiger partial charge is 0.214 e. The molecule has 1 N–H and O–H groups in total. The number of nitrogens with one attached hydrogen (secondary N) is 1. The monoisotopic (exact) mass is 287 g/mol. The minimum atomic E-state index is -3.03. The van der Waals surface area contributed by atoms with Crippen molar-refractivity contribution in [1.29, 1.82) is 0 Å². The summed E-state index contributed by atoms with van der Waals surface area (Å²) < 4.78 is 26.6. The number of rotatable bonds is 4. The molecule has 0 radical (unpaired) electrons. The molecule has 19 heavy (non-hydrogen) atoms. The zero-order chi connectivity index (χ0) is 13.3. The van der Waals surface area contributed by atoms with Crippen LogP contribution in [0.25, 0.3) is 0 Å². The van der Waals surface area contributed by atoms with E-state index < -0.39 is 10.0 Å². The Balaban J connectivity index is 1.52. The molecule has 0 aromatic carbocycles. The summed E-state index contributed by atoms with van der Waals surface area (Å²) in [6.45, 7) is 5.19. The van der Waals surface area contributed by atoms with Crippen molar-refractivity contribution in [2.45, 2.75) is 31.7 Å². The second kappa shape index (κ2) is 5.68. The predicted octanol–water partition coefficient (Wildman–Crippen LogP) is 0.0958. The van der Waals surface area contributed by atoms with Crippen LogP contribution < -0.4 is 5.32 Å². The van der Waals surface area contributed by atoms with Gasteiger partial charge in [-0.2, -0.15) is 4.31 Å². The molecular formula is C13H25N3O2S. The van der Waals surface area contributed by atoms with E-state index in [4.69, 9.17) is 0 Å². The van der Waals surface area contributed by atoms with E-state index in [1.54, 1.807) is 4.31 Å². The van der Waals surface area contributed by atoms with Crippen LogP contribution in [-0.4, -0.2) is 68.7 Å². The van der Waals surface area contributed by atoms with E-state index in [1.165, 1.54) is 12.8 Å². The molecule has 3 aliphatic rings. The van der Waals surface area contributed by atoms with Gasteiger partial charge in [0.05, 0.1) is 5.75 Å². The van der Waals surface area contributed by atoms with Crippen molar-refractivity contribution in [3.63, 3.8) is 0 Å². The molecule has 0 bridgehead atoms. The molecule has 110 valence electrons. The second-order valence-corrected chi connectivity index (χ2v) is 8.15. The zero-order valence-corrected chi connectivity index (χ0v) is 12.4. The SMILES string of the molecule is O=S(=O)(CC1CCNCC1)N1CCN(C2CC2)CC1. The van der Waals surface area contributed by atoms with Gasteiger partial charge in [0, 0.05) is 32.2 Å². The van der Waals surface area contributed by atoms with Crippen LogP contribution in [0.1, 0.15) is 25.7 Å². The Morgan fingerprint density at radius 2 is 1.58 bits per heavy atom. The van der Waals surface area contributed by atoms with Crippen LogP contribution in [0, 0.1) is 5.92 Å². The first-order valence-electron chi connectivity index (χ1n) is 7.58. The van der Waals surface area contributed by atoms with E-state index in [1.807, 2.05) is 0 Å². The first kappa shape index (κ1) is 13.8. The molecule has 0 aromatic rings. The van der Waals surface area contributed by atoms with Gasteiger partial charge >= 0.3 is 0 Å². The lowest BCUT2D eigenvalue weighted by Crippen LogP contribution is -2.50. The molecule has 5 nitrogen and oxygen atoms in total. The molecule has 0 unspecified atom stereocenters. The van der Waals surface area contributed by atoms with Crippen LogP contribution in [0.15, 0.2) is 0 Å². The molecule has 0 aromatic heterocycles. The number of sulfonamides is 1. The molecule has 0 atom stereocenters. The Kier molecular flexibility index (Phi) is 4.12. The third kappa shape index (κ3) is 3.48. The predicted molar refractivity (Wildman–Crippen MR) is 75.5 cm³/mol. The molecule has 2 aliphatic heterocycles. The highest BCUT2D eigenvalue weighted by atomic mass is 32.2. The number of hydrogen-bond acceptors (Lipinski definition) is 4. The van der Waals surface area contributed by atoms with E-state index >= 15 is 0 Å². The highest BCUT2D eigenvalue weighted by Crippen LogP contribution is 2.28. The minimum absolute atomic E-state index is 0.354. The summed E-state index contributed by atoms with van der Waals surface area (Å²) in [5.41, 5.74) is 0. The quantitative estimate of drug-likeness (QED) is 0.796. The minimum Gasteiger partial charge on any atom is -0.317 e. The Labute approximate surface area is 116 Å². The maximum atomic E-state index is 12.4. The Morgan fingerprint density at radius 3 is 2.16 bits per heavy atom. The molecular weight excluding hydrogens is 262 g/mol. The van der Waals surface area contributed by atoms with Gasteiger partial charge in [0.1, 0.15) is 0 Å². The lowest BCUT2D eigenvalue weighted by Gasteiger charge is -2.35. The van der Waals surface area contributed by atoms with Gasteiger partial charge in [0.25, 0.3) is 0 Å². The fourth-order valence-corrected chi connectivity index (χ4v) is 5.10. The Morgan fingerprint density at radius 1 is 0.947 bits per heavy atom. The third-order valence-corrected chi connectivity index (χ3v) is 6.68. The van der Waals surface area contributed by atoms with Crippen molar-refractivity contribution < 1.29 is 8.42 Å². The molecule has 2 heterocycles.